The summed E-state index contributed by atoms with van der Waals surface area (Å²) in [5, 5.41) is 21.5. The van der Waals surface area contributed by atoms with E-state index in [9.17, 15) is 9.90 Å². The van der Waals surface area contributed by atoms with E-state index in [2.05, 4.69) is 20.7 Å². The van der Waals surface area contributed by atoms with Gasteiger partial charge in [0, 0.05) is 29.2 Å². The second-order valence-electron chi connectivity index (χ2n) is 6.35. The van der Waals surface area contributed by atoms with Crippen molar-refractivity contribution in [1.29, 1.82) is 0 Å². The van der Waals surface area contributed by atoms with Crippen LogP contribution in [-0.2, 0) is 0 Å². The maximum atomic E-state index is 12.0. The van der Waals surface area contributed by atoms with Crippen LogP contribution in [0.2, 0.25) is 5.02 Å². The zero-order chi connectivity index (χ0) is 20.2. The molecule has 2 aromatic heterocycles. The van der Waals surface area contributed by atoms with Gasteiger partial charge in [-0.2, -0.15) is 0 Å². The highest BCUT2D eigenvalue weighted by Crippen LogP contribution is 2.25. The van der Waals surface area contributed by atoms with Gasteiger partial charge in [-0.1, -0.05) is 41.1 Å². The van der Waals surface area contributed by atoms with Gasteiger partial charge in [0.1, 0.15) is 5.75 Å². The molecule has 29 heavy (non-hydrogen) atoms. The van der Waals surface area contributed by atoms with Crippen LogP contribution in [0.1, 0.15) is 16.8 Å². The van der Waals surface area contributed by atoms with Crippen molar-refractivity contribution < 1.29 is 9.90 Å². The molecule has 0 aliphatic carbocycles. The number of carbonyl (C=O) groups excluding carboxylic acids is 1. The van der Waals surface area contributed by atoms with E-state index in [1.165, 1.54) is 23.5 Å². The van der Waals surface area contributed by atoms with Crippen molar-refractivity contribution >= 4 is 38.9 Å². The van der Waals surface area contributed by atoms with Crippen LogP contribution in [0.15, 0.2) is 54.7 Å². The van der Waals surface area contributed by atoms with Gasteiger partial charge in [-0.25, -0.2) is 9.50 Å². The number of phenolic OH excluding ortho intramolecular Hbond substituents is 1. The lowest BCUT2D eigenvalue weighted by Gasteiger charge is -2.06. The van der Waals surface area contributed by atoms with E-state index in [-0.39, 0.29) is 11.7 Å². The van der Waals surface area contributed by atoms with Gasteiger partial charge in [-0.3, -0.25) is 4.79 Å². The first kappa shape index (κ1) is 19.2. The number of nitrogens with zero attached hydrogens (tertiary/aromatic N) is 3. The third kappa shape index (κ3) is 4.67. The Morgan fingerprint density at radius 1 is 1.17 bits per heavy atom. The molecule has 0 unspecified atom stereocenters. The molecule has 0 aliphatic heterocycles. The van der Waals surface area contributed by atoms with Crippen LogP contribution < -0.4 is 10.6 Å². The van der Waals surface area contributed by atoms with E-state index in [1.54, 1.807) is 16.6 Å². The molecule has 4 aromatic rings. The molecule has 148 valence electrons. The summed E-state index contributed by atoms with van der Waals surface area (Å²) >= 11 is 7.39. The fourth-order valence-electron chi connectivity index (χ4n) is 2.77. The van der Waals surface area contributed by atoms with E-state index < -0.39 is 0 Å². The zero-order valence-electron chi connectivity index (χ0n) is 15.3. The number of hydrogen-bond donors (Lipinski definition) is 3. The number of halogens is 1. The number of aromatic hydroxyl groups is 1. The molecule has 0 aliphatic rings. The Hall–Kier alpha value is -3.10. The van der Waals surface area contributed by atoms with Crippen LogP contribution in [-0.4, -0.2) is 38.7 Å². The van der Waals surface area contributed by atoms with E-state index in [1.807, 2.05) is 30.5 Å². The summed E-state index contributed by atoms with van der Waals surface area (Å²) in [6.07, 6.45) is 2.62. The number of fused-ring (bicyclic) bond motifs is 1. The number of benzene rings is 2. The van der Waals surface area contributed by atoms with Crippen LogP contribution in [0, 0.1) is 0 Å². The first-order valence-electron chi connectivity index (χ1n) is 9.02. The summed E-state index contributed by atoms with van der Waals surface area (Å²) < 4.78 is 1.75. The van der Waals surface area contributed by atoms with Gasteiger partial charge < -0.3 is 15.7 Å². The smallest absolute Gasteiger partial charge is 0.251 e. The zero-order valence-corrected chi connectivity index (χ0v) is 16.9. The van der Waals surface area contributed by atoms with Gasteiger partial charge in [-0.15, -0.1) is 5.10 Å². The van der Waals surface area contributed by atoms with Crippen molar-refractivity contribution in [3.05, 3.63) is 65.3 Å². The minimum atomic E-state index is -0.205. The molecule has 2 aromatic carbocycles. The van der Waals surface area contributed by atoms with Crippen molar-refractivity contribution in [3.8, 4) is 17.0 Å². The minimum absolute atomic E-state index is 0.0762. The lowest BCUT2D eigenvalue weighted by molar-refractivity contribution is 0.0953. The van der Waals surface area contributed by atoms with Gasteiger partial charge in [0.05, 0.1) is 11.9 Å². The molecule has 0 spiro atoms. The minimum Gasteiger partial charge on any atom is -0.508 e. The Kier molecular flexibility index (Phi) is 5.64. The first-order chi connectivity index (χ1) is 14.1. The molecule has 0 atom stereocenters. The standard InChI is InChI=1S/C20H18ClN5O2S/c21-15-7-5-13(6-8-15)17-12-26-20(24-17)29-19(25-26)23-10-2-9-22-18(28)14-3-1-4-16(27)11-14/h1,3-8,11-12,27H,2,9-10H2,(H,22,28)(H,23,25). The Morgan fingerprint density at radius 3 is 2.76 bits per heavy atom. The summed E-state index contributed by atoms with van der Waals surface area (Å²) in [6.45, 7) is 1.19. The molecule has 0 saturated heterocycles. The third-order valence-electron chi connectivity index (χ3n) is 4.21. The average Bonchev–Trinajstić information content (AvgIpc) is 3.27. The molecule has 9 heteroatoms. The Morgan fingerprint density at radius 2 is 2.00 bits per heavy atom. The SMILES string of the molecule is O=C(NCCCNc1nn2cc(-c3ccc(Cl)cc3)nc2s1)c1cccc(O)c1. The second-order valence-corrected chi connectivity index (χ2v) is 7.75. The Bertz CT molecular complexity index is 1110. The molecule has 4 rings (SSSR count). The lowest BCUT2D eigenvalue weighted by atomic mass is 10.2. The molecule has 2 heterocycles. The van der Waals surface area contributed by atoms with Crippen LogP contribution in [0.4, 0.5) is 5.13 Å². The normalized spacial score (nSPS) is 10.9. The molecular formula is C20H18ClN5O2S. The fraction of sp³-hybridized carbons (Fsp3) is 0.150. The summed E-state index contributed by atoms with van der Waals surface area (Å²) in [5.74, 6) is -0.129. The largest absolute Gasteiger partial charge is 0.508 e. The van der Waals surface area contributed by atoms with Crippen molar-refractivity contribution in [2.24, 2.45) is 0 Å². The van der Waals surface area contributed by atoms with Crippen molar-refractivity contribution in [3.63, 3.8) is 0 Å². The summed E-state index contributed by atoms with van der Waals surface area (Å²) in [5.41, 5.74) is 2.28. The number of carbonyl (C=O) groups is 1. The molecule has 7 nitrogen and oxygen atoms in total. The van der Waals surface area contributed by atoms with E-state index in [0.717, 1.165) is 27.8 Å². The first-order valence-corrected chi connectivity index (χ1v) is 10.2. The highest BCUT2D eigenvalue weighted by Gasteiger charge is 2.10. The van der Waals surface area contributed by atoms with Gasteiger partial charge in [-0.05, 0) is 36.8 Å². The number of rotatable bonds is 7. The third-order valence-corrected chi connectivity index (χ3v) is 5.34. The lowest BCUT2D eigenvalue weighted by Crippen LogP contribution is -2.25. The number of hydrogen-bond acceptors (Lipinski definition) is 6. The molecule has 0 radical (unpaired) electrons. The van der Waals surface area contributed by atoms with Crippen LogP contribution in [0.25, 0.3) is 16.2 Å². The number of phenols is 1. The fourth-order valence-corrected chi connectivity index (χ4v) is 3.70. The van der Waals surface area contributed by atoms with E-state index in [4.69, 9.17) is 11.6 Å². The van der Waals surface area contributed by atoms with E-state index in [0.29, 0.717) is 23.7 Å². The molecule has 0 fully saturated rings. The van der Waals surface area contributed by atoms with Gasteiger partial charge in [0.15, 0.2) is 0 Å². The molecule has 1 amide bonds. The highest BCUT2D eigenvalue weighted by molar-refractivity contribution is 7.20. The van der Waals surface area contributed by atoms with Gasteiger partial charge in [0.2, 0.25) is 10.1 Å². The number of nitrogens with one attached hydrogen (secondary N) is 2. The summed E-state index contributed by atoms with van der Waals surface area (Å²) in [4.78, 5) is 17.4. The molecule has 3 N–H and O–H groups in total. The quantitative estimate of drug-likeness (QED) is 0.387. The predicted molar refractivity (Wildman–Crippen MR) is 115 cm³/mol. The monoisotopic (exact) mass is 427 g/mol. The maximum Gasteiger partial charge on any atom is 0.251 e. The van der Waals surface area contributed by atoms with E-state index >= 15 is 0 Å². The molecule has 0 bridgehead atoms. The molecular weight excluding hydrogens is 410 g/mol. The van der Waals surface area contributed by atoms with Gasteiger partial charge >= 0.3 is 0 Å². The highest BCUT2D eigenvalue weighted by atomic mass is 35.5. The Labute approximate surface area is 176 Å². The number of amides is 1. The van der Waals surface area contributed by atoms with Crippen molar-refractivity contribution in [1.82, 2.24) is 19.9 Å². The number of imidazole rings is 1. The van der Waals surface area contributed by atoms with Crippen LogP contribution in [0.3, 0.4) is 0 Å². The maximum absolute atomic E-state index is 12.0. The number of aromatic nitrogens is 3. The van der Waals surface area contributed by atoms with Crippen LogP contribution >= 0.6 is 22.9 Å². The topological polar surface area (TPSA) is 91.6 Å². The van der Waals surface area contributed by atoms with Crippen LogP contribution in [0.5, 0.6) is 5.75 Å². The summed E-state index contributed by atoms with van der Waals surface area (Å²) in [7, 11) is 0. The van der Waals surface area contributed by atoms with Gasteiger partial charge in [0.25, 0.3) is 5.91 Å². The predicted octanol–water partition coefficient (Wildman–Crippen LogP) is 4.05. The van der Waals surface area contributed by atoms with Crippen molar-refractivity contribution in [2.45, 2.75) is 6.42 Å². The number of anilines is 1. The summed E-state index contributed by atoms with van der Waals surface area (Å²) in [6, 6.07) is 13.8. The van der Waals surface area contributed by atoms with Crippen molar-refractivity contribution in [2.75, 3.05) is 18.4 Å². The second kappa shape index (κ2) is 8.50. The molecule has 0 saturated carbocycles. The average molecular weight is 428 g/mol. The Balaban J connectivity index is 1.26.